The van der Waals surface area contributed by atoms with Crippen LogP contribution in [0.1, 0.15) is 11.1 Å². The van der Waals surface area contributed by atoms with Crippen LogP contribution in [0.25, 0.3) is 0 Å². The molecule has 0 fully saturated rings. The zero-order valence-electron chi connectivity index (χ0n) is 12.3. The Bertz CT molecular complexity index is 772. The van der Waals surface area contributed by atoms with Crippen LogP contribution in [0.2, 0.25) is 0 Å². The maximum atomic E-state index is 12.8. The van der Waals surface area contributed by atoms with Crippen molar-refractivity contribution in [2.24, 2.45) is 0 Å². The lowest BCUT2D eigenvalue weighted by Crippen LogP contribution is -2.22. The van der Waals surface area contributed by atoms with E-state index in [2.05, 4.69) is 15.9 Å². The molecule has 0 N–H and O–H groups in total. The number of hydrogen-bond acceptors (Lipinski definition) is 3. The molecule has 0 aliphatic rings. The summed E-state index contributed by atoms with van der Waals surface area (Å²) in [6, 6.07) is 4.94. The third-order valence-corrected chi connectivity index (χ3v) is 4.09. The van der Waals surface area contributed by atoms with E-state index in [1.54, 1.807) is 12.1 Å². The molecule has 0 spiro atoms. The van der Waals surface area contributed by atoms with Crippen LogP contribution in [0.5, 0.6) is 11.5 Å². The molecule has 0 bridgehead atoms. The Hall–Kier alpha value is -1.96. The predicted octanol–water partition coefficient (Wildman–Crippen LogP) is 3.70. The molecule has 23 heavy (non-hydrogen) atoms. The van der Waals surface area contributed by atoms with Crippen molar-refractivity contribution in [3.05, 3.63) is 56.4 Å². The minimum absolute atomic E-state index is 0.0380. The maximum Gasteiger partial charge on any atom is 0.417 e. The average molecular weight is 392 g/mol. The third kappa shape index (κ3) is 3.69. The highest BCUT2D eigenvalue weighted by atomic mass is 79.9. The van der Waals surface area contributed by atoms with Gasteiger partial charge in [-0.2, -0.15) is 13.2 Å². The number of benzene rings is 1. The number of hydrogen-bond donors (Lipinski definition) is 0. The Labute approximate surface area is 138 Å². The van der Waals surface area contributed by atoms with Gasteiger partial charge in [0, 0.05) is 12.3 Å². The number of aromatic nitrogens is 1. The van der Waals surface area contributed by atoms with E-state index in [1.807, 2.05) is 0 Å². The number of ether oxygens (including phenoxy) is 2. The fourth-order valence-electron chi connectivity index (χ4n) is 2.06. The molecule has 0 aliphatic carbocycles. The van der Waals surface area contributed by atoms with E-state index < -0.39 is 17.3 Å². The standard InChI is InChI=1S/C15H13BrF3NO3/c1-22-11-5-3-9(13(16)14(11)23-2)7-20-8-10(15(17,18)19)4-6-12(20)21/h3-6,8H,7H2,1-2H3. The second kappa shape index (κ2) is 6.66. The van der Waals surface area contributed by atoms with Gasteiger partial charge in [-0.15, -0.1) is 0 Å². The van der Waals surface area contributed by atoms with Crippen LogP contribution in [-0.2, 0) is 12.7 Å². The first kappa shape index (κ1) is 17.4. The van der Waals surface area contributed by atoms with Gasteiger partial charge < -0.3 is 14.0 Å². The Morgan fingerprint density at radius 1 is 1.13 bits per heavy atom. The van der Waals surface area contributed by atoms with Crippen molar-refractivity contribution in [3.8, 4) is 11.5 Å². The van der Waals surface area contributed by atoms with Crippen LogP contribution in [-0.4, -0.2) is 18.8 Å². The second-order valence-corrected chi connectivity index (χ2v) is 5.45. The Kier molecular flexibility index (Phi) is 5.03. The van der Waals surface area contributed by atoms with Gasteiger partial charge in [-0.05, 0) is 33.6 Å². The highest BCUT2D eigenvalue weighted by molar-refractivity contribution is 9.10. The van der Waals surface area contributed by atoms with Crippen molar-refractivity contribution in [2.45, 2.75) is 12.7 Å². The van der Waals surface area contributed by atoms with Gasteiger partial charge >= 0.3 is 6.18 Å². The monoisotopic (exact) mass is 391 g/mol. The smallest absolute Gasteiger partial charge is 0.417 e. The molecule has 1 aromatic heterocycles. The lowest BCUT2D eigenvalue weighted by Gasteiger charge is -2.15. The highest BCUT2D eigenvalue weighted by Gasteiger charge is 2.31. The normalized spacial score (nSPS) is 11.4. The summed E-state index contributed by atoms with van der Waals surface area (Å²) in [7, 11) is 2.92. The summed E-state index contributed by atoms with van der Waals surface area (Å²) in [6.45, 7) is -0.0380. The zero-order chi connectivity index (χ0) is 17.2. The van der Waals surface area contributed by atoms with Gasteiger partial charge in [-0.3, -0.25) is 4.79 Å². The maximum absolute atomic E-state index is 12.8. The molecule has 0 unspecified atom stereocenters. The van der Waals surface area contributed by atoms with Gasteiger partial charge in [-0.1, -0.05) is 6.07 Å². The van der Waals surface area contributed by atoms with Crippen molar-refractivity contribution >= 4 is 15.9 Å². The van der Waals surface area contributed by atoms with E-state index in [1.165, 1.54) is 14.2 Å². The topological polar surface area (TPSA) is 40.5 Å². The number of pyridine rings is 1. The molecular weight excluding hydrogens is 379 g/mol. The summed E-state index contributed by atoms with van der Waals surface area (Å²) in [4.78, 5) is 11.8. The van der Waals surface area contributed by atoms with Crippen molar-refractivity contribution in [2.75, 3.05) is 14.2 Å². The van der Waals surface area contributed by atoms with E-state index in [9.17, 15) is 18.0 Å². The van der Waals surface area contributed by atoms with Crippen LogP contribution < -0.4 is 15.0 Å². The first-order chi connectivity index (χ1) is 10.8. The van der Waals surface area contributed by atoms with E-state index >= 15 is 0 Å². The number of methoxy groups -OCH3 is 2. The summed E-state index contributed by atoms with van der Waals surface area (Å²) < 4.78 is 50.2. The molecule has 0 radical (unpaired) electrons. The highest BCUT2D eigenvalue weighted by Crippen LogP contribution is 2.37. The fraction of sp³-hybridized carbons (Fsp3) is 0.267. The molecule has 0 amide bonds. The molecule has 4 nitrogen and oxygen atoms in total. The molecule has 0 aliphatic heterocycles. The largest absolute Gasteiger partial charge is 0.493 e. The number of nitrogens with zero attached hydrogens (tertiary/aromatic N) is 1. The molecule has 0 saturated heterocycles. The number of halogens is 4. The van der Waals surface area contributed by atoms with Crippen molar-refractivity contribution in [3.63, 3.8) is 0 Å². The first-order valence-electron chi connectivity index (χ1n) is 6.45. The summed E-state index contributed by atoms with van der Waals surface area (Å²) in [6.07, 6.45) is -3.71. The molecule has 0 atom stereocenters. The summed E-state index contributed by atoms with van der Waals surface area (Å²) in [5.74, 6) is 0.879. The van der Waals surface area contributed by atoms with Crippen molar-refractivity contribution < 1.29 is 22.6 Å². The van der Waals surface area contributed by atoms with Gasteiger partial charge in [0.1, 0.15) is 0 Å². The van der Waals surface area contributed by atoms with Gasteiger partial charge in [0.15, 0.2) is 11.5 Å². The minimum atomic E-state index is -4.51. The van der Waals surface area contributed by atoms with Crippen LogP contribution in [0.15, 0.2) is 39.7 Å². The van der Waals surface area contributed by atoms with Crippen LogP contribution in [0, 0.1) is 0 Å². The quantitative estimate of drug-likeness (QED) is 0.797. The van der Waals surface area contributed by atoms with Crippen molar-refractivity contribution in [1.82, 2.24) is 4.57 Å². The second-order valence-electron chi connectivity index (χ2n) is 4.66. The number of rotatable bonds is 4. The number of alkyl halides is 3. The Morgan fingerprint density at radius 3 is 2.39 bits per heavy atom. The molecule has 2 aromatic rings. The Morgan fingerprint density at radius 2 is 1.83 bits per heavy atom. The minimum Gasteiger partial charge on any atom is -0.493 e. The van der Waals surface area contributed by atoms with Crippen LogP contribution in [0.3, 0.4) is 0 Å². The van der Waals surface area contributed by atoms with E-state index in [4.69, 9.17) is 9.47 Å². The first-order valence-corrected chi connectivity index (χ1v) is 7.24. The molecule has 124 valence electrons. The van der Waals surface area contributed by atoms with E-state index in [0.29, 0.717) is 21.5 Å². The van der Waals surface area contributed by atoms with Gasteiger partial charge in [0.25, 0.3) is 5.56 Å². The summed E-state index contributed by atoms with van der Waals surface area (Å²) >= 11 is 3.33. The third-order valence-electron chi connectivity index (χ3n) is 3.22. The van der Waals surface area contributed by atoms with Crippen molar-refractivity contribution in [1.29, 1.82) is 0 Å². The Balaban J connectivity index is 2.46. The van der Waals surface area contributed by atoms with Gasteiger partial charge in [0.05, 0.1) is 30.8 Å². The molecule has 1 heterocycles. The zero-order valence-corrected chi connectivity index (χ0v) is 13.9. The summed E-state index contributed by atoms with van der Waals surface area (Å²) in [5.41, 5.74) is -0.822. The average Bonchev–Trinajstić information content (AvgIpc) is 2.49. The predicted molar refractivity (Wildman–Crippen MR) is 82.1 cm³/mol. The SMILES string of the molecule is COc1ccc(Cn2cc(C(F)(F)F)ccc2=O)c(Br)c1OC. The fourth-order valence-corrected chi connectivity index (χ4v) is 2.67. The lowest BCUT2D eigenvalue weighted by atomic mass is 10.2. The molecule has 2 rings (SSSR count). The molecule has 8 heteroatoms. The van der Waals surface area contributed by atoms with Gasteiger partial charge in [-0.25, -0.2) is 0 Å². The molecule has 0 saturated carbocycles. The van der Waals surface area contributed by atoms with E-state index in [0.717, 1.165) is 22.9 Å². The van der Waals surface area contributed by atoms with Crippen LogP contribution >= 0.6 is 15.9 Å². The summed E-state index contributed by atoms with van der Waals surface area (Å²) in [5, 5.41) is 0. The molecule has 1 aromatic carbocycles. The van der Waals surface area contributed by atoms with Crippen LogP contribution in [0.4, 0.5) is 13.2 Å². The lowest BCUT2D eigenvalue weighted by molar-refractivity contribution is -0.138. The van der Waals surface area contributed by atoms with E-state index in [-0.39, 0.29) is 6.54 Å². The molecular formula is C15H13BrF3NO3. The van der Waals surface area contributed by atoms with Gasteiger partial charge in [0.2, 0.25) is 0 Å².